The lowest BCUT2D eigenvalue weighted by molar-refractivity contribution is -0.121. The van der Waals surface area contributed by atoms with Crippen molar-refractivity contribution in [3.63, 3.8) is 0 Å². The standard InChI is InChI=1S/C17H31N5OS/c1-7-13-12(3)24-15(21-13)9-10-19-16(18-8-2)20-11-14(23)22-17(4,5)6/h7-11H2,1-6H3,(H,22,23)(H2,18,19,20). The zero-order valence-corrected chi connectivity index (χ0v) is 16.6. The van der Waals surface area contributed by atoms with Crippen LogP contribution in [0.5, 0.6) is 0 Å². The van der Waals surface area contributed by atoms with E-state index < -0.39 is 0 Å². The Bertz CT molecular complexity index is 560. The van der Waals surface area contributed by atoms with Gasteiger partial charge in [0.1, 0.15) is 6.54 Å². The predicted molar refractivity (Wildman–Crippen MR) is 102 cm³/mol. The topological polar surface area (TPSA) is 78.4 Å². The van der Waals surface area contributed by atoms with E-state index in [2.05, 4.69) is 39.8 Å². The van der Waals surface area contributed by atoms with Gasteiger partial charge in [0.05, 0.1) is 10.7 Å². The highest BCUT2D eigenvalue weighted by Crippen LogP contribution is 2.17. The Labute approximate surface area is 149 Å². The first-order valence-corrected chi connectivity index (χ1v) is 9.35. The average Bonchev–Trinajstić information content (AvgIpc) is 2.83. The van der Waals surface area contributed by atoms with Gasteiger partial charge in [0.15, 0.2) is 5.96 Å². The largest absolute Gasteiger partial charge is 0.357 e. The molecule has 0 radical (unpaired) electrons. The Morgan fingerprint density at radius 1 is 1.25 bits per heavy atom. The molecule has 0 saturated carbocycles. The molecular formula is C17H31N5OS. The Kier molecular flexibility index (Phi) is 8.18. The fraction of sp³-hybridized carbons (Fsp3) is 0.706. The number of amides is 1. The zero-order valence-electron chi connectivity index (χ0n) is 15.7. The highest BCUT2D eigenvalue weighted by Gasteiger charge is 2.13. The maximum absolute atomic E-state index is 11.9. The minimum atomic E-state index is -0.238. The van der Waals surface area contributed by atoms with Gasteiger partial charge in [-0.1, -0.05) is 6.92 Å². The smallest absolute Gasteiger partial charge is 0.242 e. The highest BCUT2D eigenvalue weighted by molar-refractivity contribution is 7.11. The molecule has 0 unspecified atom stereocenters. The van der Waals surface area contributed by atoms with Crippen LogP contribution >= 0.6 is 11.3 Å². The van der Waals surface area contributed by atoms with Crippen molar-refractivity contribution in [2.75, 3.05) is 19.6 Å². The lowest BCUT2D eigenvalue weighted by atomic mass is 10.1. The van der Waals surface area contributed by atoms with Crippen molar-refractivity contribution in [3.05, 3.63) is 15.6 Å². The van der Waals surface area contributed by atoms with E-state index in [-0.39, 0.29) is 18.0 Å². The molecule has 0 aliphatic rings. The summed E-state index contributed by atoms with van der Waals surface area (Å²) in [5, 5.41) is 10.5. The van der Waals surface area contributed by atoms with Gasteiger partial charge in [0, 0.05) is 29.9 Å². The van der Waals surface area contributed by atoms with Gasteiger partial charge in [-0.2, -0.15) is 0 Å². The lowest BCUT2D eigenvalue weighted by Gasteiger charge is -2.20. The summed E-state index contributed by atoms with van der Waals surface area (Å²) in [5.74, 6) is 0.577. The van der Waals surface area contributed by atoms with Crippen molar-refractivity contribution in [2.24, 2.45) is 4.99 Å². The summed E-state index contributed by atoms with van der Waals surface area (Å²) in [7, 11) is 0. The lowest BCUT2D eigenvalue weighted by Crippen LogP contribution is -2.43. The maximum atomic E-state index is 11.9. The number of thiazole rings is 1. The molecule has 24 heavy (non-hydrogen) atoms. The second-order valence-corrected chi connectivity index (χ2v) is 7.92. The van der Waals surface area contributed by atoms with Gasteiger partial charge in [0.25, 0.3) is 0 Å². The predicted octanol–water partition coefficient (Wildman–Crippen LogP) is 2.03. The van der Waals surface area contributed by atoms with Crippen LogP contribution in [0.25, 0.3) is 0 Å². The number of rotatable bonds is 7. The molecule has 7 heteroatoms. The molecule has 0 aromatic carbocycles. The van der Waals surface area contributed by atoms with Crippen LogP contribution in [0, 0.1) is 6.92 Å². The van der Waals surface area contributed by atoms with Crippen LogP contribution in [0.15, 0.2) is 4.99 Å². The van der Waals surface area contributed by atoms with Crippen LogP contribution < -0.4 is 16.0 Å². The normalized spacial score (nSPS) is 12.2. The number of aliphatic imine (C=N–C) groups is 1. The Balaban J connectivity index is 2.49. The molecule has 1 heterocycles. The summed E-state index contributed by atoms with van der Waals surface area (Å²) in [6.45, 7) is 13.7. The number of hydrogen-bond donors (Lipinski definition) is 3. The molecule has 0 aliphatic heterocycles. The van der Waals surface area contributed by atoms with E-state index in [1.807, 2.05) is 27.7 Å². The molecule has 0 saturated heterocycles. The summed E-state index contributed by atoms with van der Waals surface area (Å²) in [6.07, 6.45) is 1.83. The third kappa shape index (κ3) is 7.77. The van der Waals surface area contributed by atoms with Crippen molar-refractivity contribution < 1.29 is 4.79 Å². The zero-order chi connectivity index (χ0) is 18.2. The molecule has 6 nitrogen and oxygen atoms in total. The maximum Gasteiger partial charge on any atom is 0.242 e. The van der Waals surface area contributed by atoms with Crippen LogP contribution in [0.2, 0.25) is 0 Å². The van der Waals surface area contributed by atoms with Gasteiger partial charge in [-0.3, -0.25) is 4.79 Å². The number of guanidine groups is 1. The molecule has 0 atom stereocenters. The van der Waals surface area contributed by atoms with E-state index in [0.717, 1.165) is 30.9 Å². The van der Waals surface area contributed by atoms with Crippen molar-refractivity contribution in [2.45, 2.75) is 59.9 Å². The van der Waals surface area contributed by atoms with Crippen molar-refractivity contribution in [1.82, 2.24) is 20.9 Å². The molecule has 0 fully saturated rings. The Morgan fingerprint density at radius 2 is 1.96 bits per heavy atom. The van der Waals surface area contributed by atoms with Crippen LogP contribution in [-0.4, -0.2) is 42.0 Å². The van der Waals surface area contributed by atoms with Gasteiger partial charge in [-0.25, -0.2) is 9.98 Å². The fourth-order valence-corrected chi connectivity index (χ4v) is 3.18. The number of nitrogens with zero attached hydrogens (tertiary/aromatic N) is 2. The minimum Gasteiger partial charge on any atom is -0.357 e. The molecule has 1 amide bonds. The number of carbonyl (C=O) groups is 1. The summed E-state index contributed by atoms with van der Waals surface area (Å²) in [4.78, 5) is 22.1. The van der Waals surface area contributed by atoms with E-state index in [0.29, 0.717) is 5.96 Å². The number of hydrogen-bond acceptors (Lipinski definition) is 4. The third-order valence-electron chi connectivity index (χ3n) is 3.14. The van der Waals surface area contributed by atoms with E-state index >= 15 is 0 Å². The van der Waals surface area contributed by atoms with E-state index in [1.165, 1.54) is 10.6 Å². The SMILES string of the molecule is CCNC(=NCC(=O)NC(C)(C)C)NCCc1nc(CC)c(C)s1. The van der Waals surface area contributed by atoms with Gasteiger partial charge >= 0.3 is 0 Å². The van der Waals surface area contributed by atoms with Crippen LogP contribution in [-0.2, 0) is 17.6 Å². The molecule has 3 N–H and O–H groups in total. The first-order valence-electron chi connectivity index (χ1n) is 8.53. The Hall–Kier alpha value is -1.63. The van der Waals surface area contributed by atoms with E-state index in [9.17, 15) is 4.79 Å². The van der Waals surface area contributed by atoms with Crippen molar-refractivity contribution >= 4 is 23.2 Å². The molecule has 0 spiro atoms. The highest BCUT2D eigenvalue weighted by atomic mass is 32.1. The van der Waals surface area contributed by atoms with E-state index in [4.69, 9.17) is 0 Å². The quantitative estimate of drug-likeness (QED) is 0.518. The van der Waals surface area contributed by atoms with Crippen LogP contribution in [0.3, 0.4) is 0 Å². The van der Waals surface area contributed by atoms with Gasteiger partial charge in [0.2, 0.25) is 5.91 Å². The van der Waals surface area contributed by atoms with Crippen molar-refractivity contribution in [1.29, 1.82) is 0 Å². The summed E-state index contributed by atoms with van der Waals surface area (Å²) in [6, 6.07) is 0. The Morgan fingerprint density at radius 3 is 2.50 bits per heavy atom. The monoisotopic (exact) mass is 353 g/mol. The second-order valence-electron chi connectivity index (χ2n) is 6.63. The first-order chi connectivity index (χ1) is 11.2. The number of aromatic nitrogens is 1. The summed E-state index contributed by atoms with van der Waals surface area (Å²) < 4.78 is 0. The molecule has 0 aliphatic carbocycles. The van der Waals surface area contributed by atoms with E-state index in [1.54, 1.807) is 11.3 Å². The van der Waals surface area contributed by atoms with Gasteiger partial charge < -0.3 is 16.0 Å². The first kappa shape index (κ1) is 20.4. The number of nitrogens with one attached hydrogen (secondary N) is 3. The van der Waals surface area contributed by atoms with Gasteiger partial charge in [-0.05, 0) is 41.0 Å². The van der Waals surface area contributed by atoms with Crippen molar-refractivity contribution in [3.8, 4) is 0 Å². The van der Waals surface area contributed by atoms with Crippen LogP contribution in [0.1, 0.15) is 50.2 Å². The second kappa shape index (κ2) is 9.61. The molecule has 1 rings (SSSR count). The molecule has 136 valence electrons. The summed E-state index contributed by atoms with van der Waals surface area (Å²) >= 11 is 1.75. The number of carbonyl (C=O) groups excluding carboxylic acids is 1. The van der Waals surface area contributed by atoms with Gasteiger partial charge in [-0.15, -0.1) is 11.3 Å². The third-order valence-corrected chi connectivity index (χ3v) is 4.22. The van der Waals surface area contributed by atoms with Crippen LogP contribution in [0.4, 0.5) is 0 Å². The molecule has 1 aromatic rings. The average molecular weight is 354 g/mol. The minimum absolute atomic E-state index is 0.0807. The number of aryl methyl sites for hydroxylation is 2. The molecule has 1 aromatic heterocycles. The summed E-state index contributed by atoms with van der Waals surface area (Å²) in [5.41, 5.74) is 0.951. The molecular weight excluding hydrogens is 322 g/mol. The molecule has 0 bridgehead atoms. The fourth-order valence-electron chi connectivity index (χ4n) is 2.16.